The second-order valence-electron chi connectivity index (χ2n) is 3.47. The van der Waals surface area contributed by atoms with E-state index in [0.717, 1.165) is 17.1 Å². The maximum absolute atomic E-state index is 5.40. The van der Waals surface area contributed by atoms with Crippen LogP contribution in [-0.4, -0.2) is 4.98 Å². The van der Waals surface area contributed by atoms with Crippen molar-refractivity contribution in [2.45, 2.75) is 26.7 Å². The molecule has 0 aliphatic rings. The minimum atomic E-state index is 0.418. The smallest absolute Gasteiger partial charge is 0.147 e. The average Bonchev–Trinajstić information content (AvgIpc) is 2.18. The van der Waals surface area contributed by atoms with Gasteiger partial charge >= 0.3 is 0 Å². The average molecular weight is 191 g/mol. The van der Waals surface area contributed by atoms with Crippen molar-refractivity contribution in [1.29, 1.82) is 0 Å². The van der Waals surface area contributed by atoms with E-state index < -0.39 is 0 Å². The molecule has 0 amide bonds. The highest BCUT2D eigenvalue weighted by atomic mass is 15.2. The minimum absolute atomic E-state index is 0.418. The molecule has 0 bridgehead atoms. The van der Waals surface area contributed by atoms with Crippen LogP contribution in [0.15, 0.2) is 18.2 Å². The van der Waals surface area contributed by atoms with E-state index in [4.69, 9.17) is 5.84 Å². The summed E-state index contributed by atoms with van der Waals surface area (Å²) in [6, 6.07) is 4.05. The number of nitrogen functional groups attached to an aromatic ring is 1. The Balaban J connectivity index is 3.11. The molecule has 0 radical (unpaired) electrons. The summed E-state index contributed by atoms with van der Waals surface area (Å²) in [4.78, 5) is 4.42. The predicted octanol–water partition coefficient (Wildman–Crippen LogP) is 2.52. The molecule has 0 aromatic carbocycles. The largest absolute Gasteiger partial charge is 0.308 e. The number of nitrogens with one attached hydrogen (secondary N) is 1. The van der Waals surface area contributed by atoms with Crippen molar-refractivity contribution < 1.29 is 0 Å². The van der Waals surface area contributed by atoms with Crippen LogP contribution in [0.3, 0.4) is 0 Å². The highest BCUT2D eigenvalue weighted by Gasteiger charge is 2.04. The molecule has 0 spiro atoms. The van der Waals surface area contributed by atoms with Gasteiger partial charge in [0.2, 0.25) is 0 Å². The van der Waals surface area contributed by atoms with Gasteiger partial charge < -0.3 is 5.43 Å². The van der Waals surface area contributed by atoms with E-state index in [1.807, 2.05) is 31.2 Å². The summed E-state index contributed by atoms with van der Waals surface area (Å²) < 4.78 is 0. The lowest BCUT2D eigenvalue weighted by Gasteiger charge is -2.09. The zero-order chi connectivity index (χ0) is 10.6. The van der Waals surface area contributed by atoms with E-state index in [2.05, 4.69) is 24.3 Å². The van der Waals surface area contributed by atoms with E-state index in [-0.39, 0.29) is 0 Å². The molecule has 0 aliphatic heterocycles. The van der Waals surface area contributed by atoms with E-state index in [1.165, 1.54) is 0 Å². The standard InChI is InChI=1S/C11H17N3/c1-4-5-9-6-7-10(8(2)3)13-11(9)14-12/h4-8H,12H2,1-3H3,(H,13,14)/b5-4-. The molecule has 1 rings (SSSR count). The highest BCUT2D eigenvalue weighted by Crippen LogP contribution is 2.18. The summed E-state index contributed by atoms with van der Waals surface area (Å²) >= 11 is 0. The molecule has 0 saturated heterocycles. The van der Waals surface area contributed by atoms with Gasteiger partial charge in [0.25, 0.3) is 0 Å². The van der Waals surface area contributed by atoms with E-state index in [9.17, 15) is 0 Å². The van der Waals surface area contributed by atoms with Gasteiger partial charge in [0.1, 0.15) is 5.82 Å². The van der Waals surface area contributed by atoms with Crippen LogP contribution in [-0.2, 0) is 0 Å². The molecule has 3 nitrogen and oxygen atoms in total. The van der Waals surface area contributed by atoms with Crippen LogP contribution < -0.4 is 11.3 Å². The fourth-order valence-corrected chi connectivity index (χ4v) is 1.24. The van der Waals surface area contributed by atoms with E-state index >= 15 is 0 Å². The summed E-state index contributed by atoms with van der Waals surface area (Å²) in [5, 5.41) is 0. The third-order valence-electron chi connectivity index (χ3n) is 2.02. The van der Waals surface area contributed by atoms with Gasteiger partial charge in [0.05, 0.1) is 0 Å². The number of rotatable bonds is 3. The Bertz CT molecular complexity index is 329. The lowest BCUT2D eigenvalue weighted by Crippen LogP contribution is -2.11. The predicted molar refractivity (Wildman–Crippen MR) is 60.8 cm³/mol. The van der Waals surface area contributed by atoms with Crippen molar-refractivity contribution in [1.82, 2.24) is 4.98 Å². The second-order valence-corrected chi connectivity index (χ2v) is 3.47. The van der Waals surface area contributed by atoms with Crippen molar-refractivity contribution in [3.05, 3.63) is 29.5 Å². The van der Waals surface area contributed by atoms with E-state index in [1.54, 1.807) is 0 Å². The van der Waals surface area contributed by atoms with Crippen LogP contribution in [0.1, 0.15) is 37.9 Å². The first-order valence-corrected chi connectivity index (χ1v) is 4.79. The Morgan fingerprint density at radius 1 is 1.43 bits per heavy atom. The molecule has 0 unspecified atom stereocenters. The maximum atomic E-state index is 5.40. The molecule has 1 heterocycles. The maximum Gasteiger partial charge on any atom is 0.147 e. The molecular weight excluding hydrogens is 174 g/mol. The van der Waals surface area contributed by atoms with E-state index in [0.29, 0.717) is 5.92 Å². The van der Waals surface area contributed by atoms with Crippen molar-refractivity contribution in [2.24, 2.45) is 5.84 Å². The van der Waals surface area contributed by atoms with Crippen LogP contribution in [0.5, 0.6) is 0 Å². The van der Waals surface area contributed by atoms with Gasteiger partial charge in [-0.2, -0.15) is 0 Å². The number of anilines is 1. The molecule has 3 N–H and O–H groups in total. The monoisotopic (exact) mass is 191 g/mol. The first-order chi connectivity index (χ1) is 6.69. The molecular formula is C11H17N3. The highest BCUT2D eigenvalue weighted by molar-refractivity contribution is 5.62. The normalized spacial score (nSPS) is 11.2. The lowest BCUT2D eigenvalue weighted by molar-refractivity contribution is 0.823. The summed E-state index contributed by atoms with van der Waals surface area (Å²) in [7, 11) is 0. The van der Waals surface area contributed by atoms with Gasteiger partial charge in [-0.25, -0.2) is 10.8 Å². The van der Waals surface area contributed by atoms with Crippen LogP contribution in [0, 0.1) is 0 Å². The third-order valence-corrected chi connectivity index (χ3v) is 2.02. The second kappa shape index (κ2) is 4.77. The third kappa shape index (κ3) is 2.33. The number of nitrogens with zero attached hydrogens (tertiary/aromatic N) is 1. The number of nitrogens with two attached hydrogens (primary N) is 1. The Hall–Kier alpha value is -1.35. The molecule has 76 valence electrons. The van der Waals surface area contributed by atoms with Crippen molar-refractivity contribution in [3.8, 4) is 0 Å². The topological polar surface area (TPSA) is 50.9 Å². The number of hydrogen-bond donors (Lipinski definition) is 2. The molecule has 1 aromatic rings. The molecule has 0 atom stereocenters. The molecule has 1 aromatic heterocycles. The SMILES string of the molecule is C/C=C\c1ccc(C(C)C)nc1NN. The van der Waals surface area contributed by atoms with Gasteiger partial charge in [-0.05, 0) is 25.0 Å². The van der Waals surface area contributed by atoms with Crippen LogP contribution in [0.25, 0.3) is 6.08 Å². The minimum Gasteiger partial charge on any atom is -0.308 e. The quantitative estimate of drug-likeness (QED) is 0.570. The summed E-state index contributed by atoms with van der Waals surface area (Å²) in [6.45, 7) is 6.19. The Labute approximate surface area is 85.0 Å². The number of hydrazine groups is 1. The molecule has 3 heteroatoms. The Morgan fingerprint density at radius 3 is 2.64 bits per heavy atom. The van der Waals surface area contributed by atoms with Gasteiger partial charge in [-0.15, -0.1) is 0 Å². The first kappa shape index (κ1) is 10.7. The van der Waals surface area contributed by atoms with Gasteiger partial charge in [0, 0.05) is 11.3 Å². The van der Waals surface area contributed by atoms with Gasteiger partial charge in [-0.3, -0.25) is 0 Å². The number of pyridine rings is 1. The van der Waals surface area contributed by atoms with Crippen molar-refractivity contribution in [2.75, 3.05) is 5.43 Å². The fraction of sp³-hybridized carbons (Fsp3) is 0.364. The Morgan fingerprint density at radius 2 is 2.14 bits per heavy atom. The zero-order valence-electron chi connectivity index (χ0n) is 8.91. The molecule has 0 saturated carbocycles. The summed E-state index contributed by atoms with van der Waals surface area (Å²) in [5.41, 5.74) is 4.67. The molecule has 14 heavy (non-hydrogen) atoms. The fourth-order valence-electron chi connectivity index (χ4n) is 1.24. The number of aromatic nitrogens is 1. The zero-order valence-corrected chi connectivity index (χ0v) is 8.91. The van der Waals surface area contributed by atoms with Crippen LogP contribution >= 0.6 is 0 Å². The van der Waals surface area contributed by atoms with Crippen LogP contribution in [0.2, 0.25) is 0 Å². The lowest BCUT2D eigenvalue weighted by atomic mass is 10.1. The summed E-state index contributed by atoms with van der Waals surface area (Å²) in [5.74, 6) is 6.55. The first-order valence-electron chi connectivity index (χ1n) is 4.79. The van der Waals surface area contributed by atoms with Crippen LogP contribution in [0.4, 0.5) is 5.82 Å². The van der Waals surface area contributed by atoms with Gasteiger partial charge in [-0.1, -0.05) is 26.0 Å². The summed E-state index contributed by atoms with van der Waals surface area (Å²) in [6.07, 6.45) is 3.94. The number of allylic oxidation sites excluding steroid dienone is 1. The molecule has 0 fully saturated rings. The molecule has 0 aliphatic carbocycles. The van der Waals surface area contributed by atoms with Gasteiger partial charge in [0.15, 0.2) is 0 Å². The van der Waals surface area contributed by atoms with Crippen molar-refractivity contribution >= 4 is 11.9 Å². The number of hydrogen-bond acceptors (Lipinski definition) is 3. The van der Waals surface area contributed by atoms with Crippen molar-refractivity contribution in [3.63, 3.8) is 0 Å². The Kier molecular flexibility index (Phi) is 3.65.